The van der Waals surface area contributed by atoms with E-state index in [0.29, 0.717) is 5.69 Å². The van der Waals surface area contributed by atoms with Gasteiger partial charge in [0.15, 0.2) is 0 Å². The molecule has 0 atom stereocenters. The molecule has 1 heterocycles. The van der Waals surface area contributed by atoms with Crippen molar-refractivity contribution in [3.8, 4) is 0 Å². The number of carboxylic acids is 1. The molecular weight excluding hydrogens is 322 g/mol. The first-order valence-corrected chi connectivity index (χ1v) is 5.87. The SMILES string of the molecule is O=C(O)c1ccc(Nc2cc(F)c(Br)cc2F)cn1. The molecular formula is C12H7BrF2N2O2. The van der Waals surface area contributed by atoms with Gasteiger partial charge in [-0.05, 0) is 34.1 Å². The minimum absolute atomic E-state index is 0.0231. The van der Waals surface area contributed by atoms with Crippen molar-refractivity contribution in [1.82, 2.24) is 4.98 Å². The van der Waals surface area contributed by atoms with Gasteiger partial charge in [0, 0.05) is 6.07 Å². The summed E-state index contributed by atoms with van der Waals surface area (Å²) in [6.07, 6.45) is 1.23. The fraction of sp³-hybridized carbons (Fsp3) is 0. The molecule has 2 aromatic rings. The van der Waals surface area contributed by atoms with Crippen LogP contribution in [0.15, 0.2) is 34.9 Å². The standard InChI is InChI=1S/C12H7BrF2N2O2/c13-7-3-9(15)11(4-8(7)14)17-6-1-2-10(12(18)19)16-5-6/h1-5,17H,(H,18,19). The lowest BCUT2D eigenvalue weighted by molar-refractivity contribution is 0.0690. The number of nitrogens with zero attached hydrogens (tertiary/aromatic N) is 1. The molecule has 0 bridgehead atoms. The normalized spacial score (nSPS) is 10.3. The minimum Gasteiger partial charge on any atom is -0.477 e. The Hall–Kier alpha value is -2.02. The van der Waals surface area contributed by atoms with E-state index < -0.39 is 17.6 Å². The highest BCUT2D eigenvalue weighted by Crippen LogP contribution is 2.25. The van der Waals surface area contributed by atoms with Crippen LogP contribution in [0.1, 0.15) is 10.5 Å². The molecule has 0 saturated carbocycles. The third kappa shape index (κ3) is 3.05. The number of carbonyl (C=O) groups is 1. The Balaban J connectivity index is 2.26. The van der Waals surface area contributed by atoms with Crippen molar-refractivity contribution in [1.29, 1.82) is 0 Å². The fourth-order valence-corrected chi connectivity index (χ4v) is 1.68. The van der Waals surface area contributed by atoms with Gasteiger partial charge in [0.05, 0.1) is 22.0 Å². The Bertz CT molecular complexity index is 632. The molecule has 0 spiro atoms. The summed E-state index contributed by atoms with van der Waals surface area (Å²) in [6.45, 7) is 0. The van der Waals surface area contributed by atoms with Crippen LogP contribution < -0.4 is 5.32 Å². The van der Waals surface area contributed by atoms with Gasteiger partial charge in [-0.3, -0.25) is 0 Å². The van der Waals surface area contributed by atoms with Crippen LogP contribution in [0.25, 0.3) is 0 Å². The molecule has 1 aromatic heterocycles. The summed E-state index contributed by atoms with van der Waals surface area (Å²) < 4.78 is 26.9. The minimum atomic E-state index is -1.16. The van der Waals surface area contributed by atoms with E-state index in [4.69, 9.17) is 5.11 Å². The van der Waals surface area contributed by atoms with Crippen LogP contribution in [-0.2, 0) is 0 Å². The first-order chi connectivity index (χ1) is 8.97. The second-order valence-corrected chi connectivity index (χ2v) is 4.46. The first-order valence-electron chi connectivity index (χ1n) is 5.08. The van der Waals surface area contributed by atoms with Crippen LogP contribution >= 0.6 is 15.9 Å². The summed E-state index contributed by atoms with van der Waals surface area (Å²) in [5.74, 6) is -2.41. The van der Waals surface area contributed by atoms with Crippen molar-refractivity contribution in [2.24, 2.45) is 0 Å². The molecule has 0 aliphatic rings. The van der Waals surface area contributed by atoms with Crippen molar-refractivity contribution >= 4 is 33.3 Å². The number of pyridine rings is 1. The lowest BCUT2D eigenvalue weighted by Crippen LogP contribution is -2.01. The average Bonchev–Trinajstić information content (AvgIpc) is 2.36. The number of aromatic carboxylic acids is 1. The number of nitrogens with one attached hydrogen (secondary N) is 1. The molecule has 2 rings (SSSR count). The number of anilines is 2. The number of hydrogen-bond donors (Lipinski definition) is 2. The molecule has 1 aromatic carbocycles. The largest absolute Gasteiger partial charge is 0.477 e. The monoisotopic (exact) mass is 328 g/mol. The van der Waals surface area contributed by atoms with Crippen LogP contribution in [0.3, 0.4) is 0 Å². The van der Waals surface area contributed by atoms with E-state index in [1.165, 1.54) is 18.3 Å². The van der Waals surface area contributed by atoms with Crippen LogP contribution in [0, 0.1) is 11.6 Å². The van der Waals surface area contributed by atoms with Gasteiger partial charge in [0.1, 0.15) is 17.3 Å². The van der Waals surface area contributed by atoms with Crippen molar-refractivity contribution in [3.63, 3.8) is 0 Å². The van der Waals surface area contributed by atoms with Gasteiger partial charge < -0.3 is 10.4 Å². The number of rotatable bonds is 3. The van der Waals surface area contributed by atoms with Crippen molar-refractivity contribution in [2.75, 3.05) is 5.32 Å². The lowest BCUT2D eigenvalue weighted by atomic mass is 10.2. The topological polar surface area (TPSA) is 62.2 Å². The predicted octanol–water partition coefficient (Wildman–Crippen LogP) is 3.56. The fourth-order valence-electron chi connectivity index (χ4n) is 1.37. The second-order valence-electron chi connectivity index (χ2n) is 3.61. The summed E-state index contributed by atoms with van der Waals surface area (Å²) in [6, 6.07) is 4.66. The molecule has 19 heavy (non-hydrogen) atoms. The molecule has 4 nitrogen and oxygen atoms in total. The maximum Gasteiger partial charge on any atom is 0.354 e. The average molecular weight is 329 g/mol. The maximum atomic E-state index is 13.5. The Morgan fingerprint density at radius 2 is 2.00 bits per heavy atom. The third-order valence-corrected chi connectivity index (χ3v) is 2.88. The number of hydrogen-bond acceptors (Lipinski definition) is 3. The smallest absolute Gasteiger partial charge is 0.354 e. The highest BCUT2D eigenvalue weighted by molar-refractivity contribution is 9.10. The third-order valence-electron chi connectivity index (χ3n) is 2.27. The molecule has 98 valence electrons. The van der Waals surface area contributed by atoms with Crippen molar-refractivity contribution in [3.05, 3.63) is 52.3 Å². The Morgan fingerprint density at radius 3 is 2.58 bits per heavy atom. The zero-order chi connectivity index (χ0) is 14.0. The summed E-state index contributed by atoms with van der Waals surface area (Å²) >= 11 is 2.87. The highest BCUT2D eigenvalue weighted by atomic mass is 79.9. The Kier molecular flexibility index (Phi) is 3.75. The van der Waals surface area contributed by atoms with Crippen LogP contribution in [0.4, 0.5) is 20.2 Å². The van der Waals surface area contributed by atoms with E-state index in [9.17, 15) is 13.6 Å². The van der Waals surface area contributed by atoms with E-state index >= 15 is 0 Å². The van der Waals surface area contributed by atoms with E-state index in [-0.39, 0.29) is 15.9 Å². The molecule has 0 amide bonds. The van der Waals surface area contributed by atoms with E-state index in [1.807, 2.05) is 0 Å². The van der Waals surface area contributed by atoms with Crippen molar-refractivity contribution < 1.29 is 18.7 Å². The predicted molar refractivity (Wildman–Crippen MR) is 68.5 cm³/mol. The number of carboxylic acid groups (broad SMARTS) is 1. The number of halogens is 3. The summed E-state index contributed by atoms with van der Waals surface area (Å²) in [5.41, 5.74) is 0.157. The quantitative estimate of drug-likeness (QED) is 0.845. The molecule has 0 fully saturated rings. The van der Waals surface area contributed by atoms with Crippen LogP contribution in [-0.4, -0.2) is 16.1 Å². The van der Waals surface area contributed by atoms with Gasteiger partial charge >= 0.3 is 5.97 Å². The van der Waals surface area contributed by atoms with Gasteiger partial charge in [-0.25, -0.2) is 18.6 Å². The van der Waals surface area contributed by atoms with Crippen molar-refractivity contribution in [2.45, 2.75) is 0 Å². The molecule has 7 heteroatoms. The molecule has 0 saturated heterocycles. The Morgan fingerprint density at radius 1 is 1.26 bits per heavy atom. The van der Waals surface area contributed by atoms with Gasteiger partial charge in [-0.2, -0.15) is 0 Å². The summed E-state index contributed by atoms with van der Waals surface area (Å²) in [5, 5.41) is 11.3. The van der Waals surface area contributed by atoms with E-state index in [0.717, 1.165) is 12.1 Å². The maximum absolute atomic E-state index is 13.5. The van der Waals surface area contributed by atoms with E-state index in [1.54, 1.807) is 0 Å². The summed E-state index contributed by atoms with van der Waals surface area (Å²) in [7, 11) is 0. The molecule has 2 N–H and O–H groups in total. The molecule has 0 unspecified atom stereocenters. The van der Waals surface area contributed by atoms with E-state index in [2.05, 4.69) is 26.2 Å². The van der Waals surface area contributed by atoms with Crippen LogP contribution in [0.2, 0.25) is 0 Å². The number of benzene rings is 1. The zero-order valence-electron chi connectivity index (χ0n) is 9.32. The lowest BCUT2D eigenvalue weighted by Gasteiger charge is -2.08. The van der Waals surface area contributed by atoms with Gasteiger partial charge in [-0.1, -0.05) is 0 Å². The Labute approximate surface area is 115 Å². The van der Waals surface area contributed by atoms with Crippen LogP contribution in [0.5, 0.6) is 0 Å². The first kappa shape index (κ1) is 13.4. The molecule has 0 radical (unpaired) electrons. The van der Waals surface area contributed by atoms with Gasteiger partial charge in [0.2, 0.25) is 0 Å². The van der Waals surface area contributed by atoms with Gasteiger partial charge in [-0.15, -0.1) is 0 Å². The zero-order valence-corrected chi connectivity index (χ0v) is 10.9. The van der Waals surface area contributed by atoms with Gasteiger partial charge in [0.25, 0.3) is 0 Å². The summed E-state index contributed by atoms with van der Waals surface area (Å²) in [4.78, 5) is 14.3. The number of aromatic nitrogens is 1. The molecule has 0 aliphatic carbocycles. The highest BCUT2D eigenvalue weighted by Gasteiger charge is 2.09. The second kappa shape index (κ2) is 5.31. The molecule has 0 aliphatic heterocycles.